The number of nitrogens with one attached hydrogen (secondary N) is 2. The average molecular weight is 915 g/mol. The van der Waals surface area contributed by atoms with E-state index in [9.17, 15) is 31.4 Å². The fourth-order valence-corrected chi connectivity index (χ4v) is 8.66. The average Bonchev–Trinajstić information content (AvgIpc) is 3.93. The lowest BCUT2D eigenvalue weighted by Gasteiger charge is -2.24. The van der Waals surface area contributed by atoms with Gasteiger partial charge in [0.25, 0.3) is 17.9 Å². The summed E-state index contributed by atoms with van der Waals surface area (Å²) in [5.74, 6) is -7.71. The van der Waals surface area contributed by atoms with E-state index in [4.69, 9.17) is 21.3 Å². The van der Waals surface area contributed by atoms with Gasteiger partial charge in [-0.15, -0.1) is 0 Å². The Kier molecular flexibility index (Phi) is 11.6. The summed E-state index contributed by atoms with van der Waals surface area (Å²) in [4.78, 5) is 34.0. The zero-order valence-corrected chi connectivity index (χ0v) is 35.4. The first-order chi connectivity index (χ1) is 29.9. The van der Waals surface area contributed by atoms with Crippen LogP contribution in [-0.4, -0.2) is 61.9 Å². The van der Waals surface area contributed by atoms with Crippen molar-refractivity contribution in [2.75, 3.05) is 17.6 Å². The van der Waals surface area contributed by atoms with Gasteiger partial charge < -0.3 is 10.1 Å². The van der Waals surface area contributed by atoms with Gasteiger partial charge in [0, 0.05) is 68.7 Å². The quantitative estimate of drug-likeness (QED) is 0.113. The van der Waals surface area contributed by atoms with Gasteiger partial charge in [0.05, 0.1) is 45.2 Å². The van der Waals surface area contributed by atoms with Crippen LogP contribution in [-0.2, 0) is 61.6 Å². The molecule has 63 heavy (non-hydrogen) atoms. The zero-order valence-electron chi connectivity index (χ0n) is 33.8. The predicted octanol–water partition coefficient (Wildman–Crippen LogP) is 6.78. The van der Waals surface area contributed by atoms with Crippen LogP contribution in [0.15, 0.2) is 65.6 Å². The summed E-state index contributed by atoms with van der Waals surface area (Å²) in [5, 5.41) is 15.5. The first-order valence-electron chi connectivity index (χ1n) is 19.3. The summed E-state index contributed by atoms with van der Waals surface area (Å²) < 4.78 is 114. The highest BCUT2D eigenvalue weighted by atomic mass is 35.5. The highest BCUT2D eigenvalue weighted by Gasteiger charge is 2.51. The Morgan fingerprint density at radius 1 is 1.05 bits per heavy atom. The van der Waals surface area contributed by atoms with Crippen LogP contribution in [0.2, 0.25) is 5.02 Å². The maximum absolute atomic E-state index is 15.5. The number of aromatic nitrogens is 8. The van der Waals surface area contributed by atoms with Crippen molar-refractivity contribution >= 4 is 56.1 Å². The molecule has 0 saturated heterocycles. The third-order valence-electron chi connectivity index (χ3n) is 10.8. The van der Waals surface area contributed by atoms with E-state index in [1.807, 2.05) is 6.07 Å². The molecule has 0 aliphatic heterocycles. The molecule has 3 unspecified atom stereocenters. The monoisotopic (exact) mass is 914 g/mol. The molecule has 3 atom stereocenters. The summed E-state index contributed by atoms with van der Waals surface area (Å²) in [5.41, 5.74) is -1.44. The van der Waals surface area contributed by atoms with Crippen LogP contribution in [0.3, 0.4) is 0 Å². The summed E-state index contributed by atoms with van der Waals surface area (Å²) in [7, 11) is 1.72. The second-order valence-corrected chi connectivity index (χ2v) is 16.7. The lowest BCUT2D eigenvalue weighted by atomic mass is 10.0. The molecule has 0 radical (unpaired) electrons. The molecule has 2 N–H and O–H groups in total. The Balaban J connectivity index is 1.30. The van der Waals surface area contributed by atoms with E-state index in [0.29, 0.717) is 22.9 Å². The number of rotatable bonds is 14. The number of nitrogens with zero attached hydrogens (tertiary/aromatic N) is 8. The third kappa shape index (κ3) is 8.26. The molecule has 3 aromatic carbocycles. The first kappa shape index (κ1) is 43.4. The van der Waals surface area contributed by atoms with Crippen molar-refractivity contribution in [2.24, 2.45) is 20.0 Å². The van der Waals surface area contributed by atoms with Gasteiger partial charge in [-0.2, -0.15) is 24.1 Å². The second kappa shape index (κ2) is 16.8. The predicted molar refractivity (Wildman–Crippen MR) is 222 cm³/mol. The van der Waals surface area contributed by atoms with E-state index in [2.05, 4.69) is 25.3 Å². The van der Waals surface area contributed by atoms with Crippen molar-refractivity contribution in [1.82, 2.24) is 44.2 Å². The number of ether oxygens (including phenoxy) is 1. The number of alkyl halides is 4. The van der Waals surface area contributed by atoms with Crippen molar-refractivity contribution in [3.05, 3.63) is 122 Å². The van der Waals surface area contributed by atoms with E-state index in [0.717, 1.165) is 22.4 Å². The number of hydrogen-bond acceptors (Lipinski definition) is 8. The highest BCUT2D eigenvalue weighted by Crippen LogP contribution is 2.48. The summed E-state index contributed by atoms with van der Waals surface area (Å²) in [6.45, 7) is 0.434. The minimum atomic E-state index is -3.60. The number of fused-ring (bicyclic) bond motifs is 3. The van der Waals surface area contributed by atoms with Crippen molar-refractivity contribution in [1.29, 1.82) is 0 Å². The number of anilines is 1. The number of halogens is 7. The van der Waals surface area contributed by atoms with Crippen molar-refractivity contribution in [3.8, 4) is 11.4 Å². The van der Waals surface area contributed by atoms with Crippen LogP contribution < -0.4 is 20.3 Å². The Morgan fingerprint density at radius 3 is 2.48 bits per heavy atom. The molecule has 4 heterocycles. The normalized spacial score (nSPS) is 15.6. The lowest BCUT2D eigenvalue weighted by Crippen LogP contribution is -2.38. The van der Waals surface area contributed by atoms with E-state index in [1.54, 1.807) is 31.0 Å². The summed E-state index contributed by atoms with van der Waals surface area (Å²) >= 11 is 6.68. The smallest absolute Gasteiger partial charge is 0.292 e. The van der Waals surface area contributed by atoms with E-state index in [1.165, 1.54) is 42.1 Å². The molecule has 0 bridgehead atoms. The Labute approximate surface area is 361 Å². The first-order valence-corrected chi connectivity index (χ1v) is 21.3. The van der Waals surface area contributed by atoms with Gasteiger partial charge in [-0.3, -0.25) is 32.9 Å². The summed E-state index contributed by atoms with van der Waals surface area (Å²) in [6, 6.07) is 10.5. The number of hydrogen-bond donors (Lipinski definition) is 2. The van der Waals surface area contributed by atoms with Gasteiger partial charge in [0.15, 0.2) is 5.82 Å². The molecule has 1 aliphatic carbocycles. The van der Waals surface area contributed by atoms with Crippen molar-refractivity contribution < 1.29 is 40.1 Å². The summed E-state index contributed by atoms with van der Waals surface area (Å²) in [6.07, 6.45) is -0.535. The third-order valence-corrected chi connectivity index (χ3v) is 11.6. The maximum Gasteiger partial charge on any atom is 0.292 e. The molecule has 14 nitrogen and oxygen atoms in total. The van der Waals surface area contributed by atoms with Crippen LogP contribution in [0.5, 0.6) is 5.75 Å². The van der Waals surface area contributed by atoms with Gasteiger partial charge in [0.1, 0.15) is 52.1 Å². The Hall–Kier alpha value is -6.22. The van der Waals surface area contributed by atoms with Gasteiger partial charge >= 0.3 is 0 Å². The molecule has 7 aromatic rings. The van der Waals surface area contributed by atoms with Crippen molar-refractivity contribution in [3.63, 3.8) is 0 Å². The van der Waals surface area contributed by atoms with Gasteiger partial charge in [0.2, 0.25) is 5.91 Å². The Morgan fingerprint density at radius 2 is 1.79 bits per heavy atom. The molecule has 330 valence electrons. The van der Waals surface area contributed by atoms with E-state index in [-0.39, 0.29) is 61.9 Å². The van der Waals surface area contributed by atoms with Crippen LogP contribution in [0.4, 0.5) is 32.2 Å². The lowest BCUT2D eigenvalue weighted by molar-refractivity contribution is -0.123. The number of carbonyl (C=O) groups excluding carboxylic acids is 1. The van der Waals surface area contributed by atoms with Crippen LogP contribution in [0.25, 0.3) is 27.5 Å². The molecule has 0 fully saturated rings. The van der Waals surface area contributed by atoms with Gasteiger partial charge in [-0.1, -0.05) is 18.5 Å². The number of carbonyl (C=O) groups is 1. The van der Waals surface area contributed by atoms with Crippen LogP contribution in [0.1, 0.15) is 53.4 Å². The largest absolute Gasteiger partial charge is 0.493 e. The molecule has 0 saturated carbocycles. The fourth-order valence-electron chi connectivity index (χ4n) is 8.00. The molecular weight excluding hydrogens is 878 g/mol. The molecule has 0 spiro atoms. The highest BCUT2D eigenvalue weighted by molar-refractivity contribution is 7.85. The van der Waals surface area contributed by atoms with Crippen LogP contribution in [0, 0.1) is 17.6 Å². The number of benzene rings is 3. The molecule has 1 aliphatic rings. The minimum Gasteiger partial charge on any atom is -0.493 e. The van der Waals surface area contributed by atoms with Gasteiger partial charge in [-0.05, 0) is 54.4 Å². The Bertz CT molecular complexity index is 3000. The van der Waals surface area contributed by atoms with Crippen LogP contribution >= 0.6 is 11.6 Å². The van der Waals surface area contributed by atoms with Crippen molar-refractivity contribution in [2.45, 2.75) is 51.1 Å². The molecule has 22 heteroatoms. The zero-order chi connectivity index (χ0) is 45.1. The minimum absolute atomic E-state index is 0.00929. The number of amides is 1. The fraction of sp³-hybridized carbons (Fsp3) is 0.317. The maximum atomic E-state index is 15.5. The topological polar surface area (TPSA) is 156 Å². The standard InChI is InChI=1S/C41H37ClF6N10O4S/c1-20-13-27-34(37(45)46)52-57(36(27)41(20,47)48)19-32(59)50-30(16-21-14-22(43)17-23(44)15-21)39-51-29-18-25(62-12-10-24-9-11-49-55(24)2)5-6-26(29)40(60)58(39)31-8-7-28(42)33-35(31)56(3)53-38(33)54-63(4)61/h5-9,11,14-15,17-18,20,30,37H,10,12-13,16,19H2,1-4H3,(H,50,59)(H,53,54). The van der Waals surface area contributed by atoms with Gasteiger partial charge in [-0.25, -0.2) is 26.8 Å². The number of aryl methyl sites for hydroxylation is 2. The molecular formula is C41H37ClF6N10O4S. The molecule has 1 amide bonds. The second-order valence-electron chi connectivity index (χ2n) is 15.2. The molecule has 4 aromatic heterocycles. The van der Waals surface area contributed by atoms with E-state index >= 15 is 8.78 Å². The SMILES string of the molecule is CC1Cc2c(C(F)F)nn(CC(=O)NC(Cc3cc(F)cc(F)c3)c3nc4cc(OCCc5ccnn5C)ccc4c(=O)n3-c3ccc(Cl)c4c(NS(C)=O)nn(C)c34)c2C1(F)F. The van der Waals surface area contributed by atoms with E-state index < -0.39 is 89.2 Å². The molecule has 8 rings (SSSR count).